The lowest BCUT2D eigenvalue weighted by Gasteiger charge is -2.32. The van der Waals surface area contributed by atoms with Crippen molar-refractivity contribution in [2.24, 2.45) is 5.92 Å². The molecule has 0 radical (unpaired) electrons. The summed E-state index contributed by atoms with van der Waals surface area (Å²) in [5.41, 5.74) is 5.19. The Kier molecular flexibility index (Phi) is 5.82. The number of aromatic nitrogens is 2. The van der Waals surface area contributed by atoms with Gasteiger partial charge >= 0.3 is 0 Å². The third-order valence-electron chi connectivity index (χ3n) is 5.63. The lowest BCUT2D eigenvalue weighted by atomic mass is 9.96. The molecule has 0 bridgehead atoms. The maximum atomic E-state index is 13.5. The Labute approximate surface area is 168 Å². The molecule has 7 nitrogen and oxygen atoms in total. The second-order valence-corrected chi connectivity index (χ2v) is 7.51. The topological polar surface area (TPSA) is 90.4 Å². The van der Waals surface area contributed by atoms with Gasteiger partial charge < -0.3 is 10.2 Å². The fourth-order valence-electron chi connectivity index (χ4n) is 3.95. The van der Waals surface area contributed by atoms with Gasteiger partial charge in [0, 0.05) is 32.0 Å². The van der Waals surface area contributed by atoms with Crippen molar-refractivity contribution >= 4 is 17.4 Å². The van der Waals surface area contributed by atoms with Gasteiger partial charge in [0.1, 0.15) is 5.82 Å². The van der Waals surface area contributed by atoms with Crippen LogP contribution < -0.4 is 15.7 Å². The minimum atomic E-state index is -0.621. The number of amides is 1. The number of carbonyl (C=O) groups excluding carboxylic acids is 1. The number of hydroxylamine groups is 1. The molecule has 0 saturated carbocycles. The molecule has 0 atom stereocenters. The highest BCUT2D eigenvalue weighted by molar-refractivity contribution is 5.92. The zero-order valence-corrected chi connectivity index (χ0v) is 16.1. The molecule has 4 rings (SSSR count). The number of benzene rings is 1. The van der Waals surface area contributed by atoms with Crippen LogP contribution in [-0.4, -0.2) is 47.3 Å². The van der Waals surface area contributed by atoms with E-state index < -0.39 is 5.91 Å². The normalized spacial score (nSPS) is 16.5. The van der Waals surface area contributed by atoms with E-state index in [2.05, 4.69) is 26.3 Å². The van der Waals surface area contributed by atoms with Crippen molar-refractivity contribution in [1.29, 1.82) is 0 Å². The number of piperidine rings is 1. The SMILES string of the molecule is O=C(NO)c1cnc(N2CCC(CNCC3=CCc4ccc(F)cc43)CC2)nc1. The Bertz CT molecular complexity index is 908. The Morgan fingerprint density at radius 2 is 2.00 bits per heavy atom. The standard InChI is InChI=1S/C21H24FN5O2/c22-18-4-3-15-1-2-16(19(15)9-18)11-23-10-14-5-7-27(8-6-14)21-24-12-17(13-25-21)20(28)26-29/h2-4,9,12-14,23,29H,1,5-8,10-11H2,(H,26,28). The van der Waals surface area contributed by atoms with E-state index in [1.807, 2.05) is 6.07 Å². The van der Waals surface area contributed by atoms with Gasteiger partial charge in [0.05, 0.1) is 5.56 Å². The molecule has 1 saturated heterocycles. The molecule has 2 aromatic rings. The molecule has 2 aliphatic rings. The van der Waals surface area contributed by atoms with Gasteiger partial charge in [-0.1, -0.05) is 12.1 Å². The van der Waals surface area contributed by atoms with E-state index >= 15 is 0 Å². The number of anilines is 1. The summed E-state index contributed by atoms with van der Waals surface area (Å²) in [6.07, 6.45) is 7.94. The lowest BCUT2D eigenvalue weighted by Crippen LogP contribution is -2.38. The Balaban J connectivity index is 1.23. The zero-order chi connectivity index (χ0) is 20.2. The molecule has 29 heavy (non-hydrogen) atoms. The van der Waals surface area contributed by atoms with Gasteiger partial charge in [0.2, 0.25) is 5.95 Å². The third kappa shape index (κ3) is 4.44. The van der Waals surface area contributed by atoms with E-state index in [1.165, 1.54) is 29.6 Å². The Morgan fingerprint density at radius 3 is 2.72 bits per heavy atom. The fraction of sp³-hybridized carbons (Fsp3) is 0.381. The van der Waals surface area contributed by atoms with E-state index in [-0.39, 0.29) is 11.4 Å². The first-order valence-electron chi connectivity index (χ1n) is 9.84. The monoisotopic (exact) mass is 397 g/mol. The highest BCUT2D eigenvalue weighted by atomic mass is 19.1. The van der Waals surface area contributed by atoms with E-state index in [0.717, 1.165) is 51.0 Å². The van der Waals surface area contributed by atoms with Gasteiger partial charge in [0.25, 0.3) is 5.91 Å². The predicted octanol–water partition coefficient (Wildman–Crippen LogP) is 2.18. The second kappa shape index (κ2) is 8.67. The van der Waals surface area contributed by atoms with Gasteiger partial charge in [-0.3, -0.25) is 10.0 Å². The number of allylic oxidation sites excluding steroid dienone is 1. The van der Waals surface area contributed by atoms with Crippen molar-refractivity contribution in [3.05, 3.63) is 59.2 Å². The number of nitrogens with one attached hydrogen (secondary N) is 2. The Morgan fingerprint density at radius 1 is 1.24 bits per heavy atom. The average Bonchev–Trinajstić information content (AvgIpc) is 3.16. The highest BCUT2D eigenvalue weighted by Crippen LogP contribution is 2.27. The van der Waals surface area contributed by atoms with Gasteiger partial charge in [-0.15, -0.1) is 0 Å². The number of fused-ring (bicyclic) bond motifs is 1. The van der Waals surface area contributed by atoms with Crippen LogP contribution in [0.1, 0.15) is 34.3 Å². The summed E-state index contributed by atoms with van der Waals surface area (Å²) in [4.78, 5) is 21.9. The van der Waals surface area contributed by atoms with Crippen LogP contribution in [0.5, 0.6) is 0 Å². The zero-order valence-electron chi connectivity index (χ0n) is 16.1. The first-order valence-corrected chi connectivity index (χ1v) is 9.84. The molecule has 1 aromatic carbocycles. The molecule has 1 aromatic heterocycles. The summed E-state index contributed by atoms with van der Waals surface area (Å²) < 4.78 is 13.5. The molecule has 3 N–H and O–H groups in total. The van der Waals surface area contributed by atoms with Gasteiger partial charge in [-0.2, -0.15) is 0 Å². The van der Waals surface area contributed by atoms with Crippen LogP contribution in [0.2, 0.25) is 0 Å². The second-order valence-electron chi connectivity index (χ2n) is 7.51. The molecule has 1 aliphatic heterocycles. The molecule has 1 amide bonds. The van der Waals surface area contributed by atoms with Crippen molar-refractivity contribution in [2.75, 3.05) is 31.1 Å². The summed E-state index contributed by atoms with van der Waals surface area (Å²) in [5.74, 6) is 0.362. The van der Waals surface area contributed by atoms with E-state index in [9.17, 15) is 9.18 Å². The average molecular weight is 397 g/mol. The molecule has 1 fully saturated rings. The van der Waals surface area contributed by atoms with E-state index in [4.69, 9.17) is 5.21 Å². The summed E-state index contributed by atoms with van der Waals surface area (Å²) in [6.45, 7) is 3.39. The molecule has 2 heterocycles. The van der Waals surface area contributed by atoms with Crippen molar-refractivity contribution in [3.8, 4) is 0 Å². The van der Waals surface area contributed by atoms with Gasteiger partial charge in [0.15, 0.2) is 0 Å². The Hall–Kier alpha value is -2.84. The largest absolute Gasteiger partial charge is 0.341 e. The summed E-state index contributed by atoms with van der Waals surface area (Å²) in [7, 11) is 0. The molecule has 0 spiro atoms. The van der Waals surface area contributed by atoms with Crippen molar-refractivity contribution in [3.63, 3.8) is 0 Å². The lowest BCUT2D eigenvalue weighted by molar-refractivity contribution is 0.0705. The maximum Gasteiger partial charge on any atom is 0.277 e. The minimum Gasteiger partial charge on any atom is -0.341 e. The molecule has 152 valence electrons. The van der Waals surface area contributed by atoms with Crippen LogP contribution in [0, 0.1) is 11.7 Å². The van der Waals surface area contributed by atoms with E-state index in [1.54, 1.807) is 11.5 Å². The highest BCUT2D eigenvalue weighted by Gasteiger charge is 2.22. The maximum absolute atomic E-state index is 13.5. The number of carbonyl (C=O) groups is 1. The van der Waals surface area contributed by atoms with Crippen LogP contribution in [0.4, 0.5) is 10.3 Å². The van der Waals surface area contributed by atoms with Crippen LogP contribution >= 0.6 is 0 Å². The predicted molar refractivity (Wildman–Crippen MR) is 107 cm³/mol. The smallest absolute Gasteiger partial charge is 0.277 e. The van der Waals surface area contributed by atoms with Crippen LogP contribution in [0.15, 0.2) is 36.7 Å². The first kappa shape index (κ1) is 19.5. The van der Waals surface area contributed by atoms with Crippen LogP contribution in [0.25, 0.3) is 5.57 Å². The molecule has 8 heteroatoms. The molecule has 1 aliphatic carbocycles. The number of hydrogen-bond donors (Lipinski definition) is 3. The van der Waals surface area contributed by atoms with Crippen molar-refractivity contribution in [1.82, 2.24) is 20.8 Å². The summed E-state index contributed by atoms with van der Waals surface area (Å²) in [5, 5.41) is 12.2. The van der Waals surface area contributed by atoms with Crippen LogP contribution in [0.3, 0.4) is 0 Å². The quantitative estimate of drug-likeness (QED) is 0.511. The number of nitrogens with zero attached hydrogens (tertiary/aromatic N) is 3. The van der Waals surface area contributed by atoms with Crippen molar-refractivity contribution < 1.29 is 14.4 Å². The van der Waals surface area contributed by atoms with Crippen LogP contribution in [-0.2, 0) is 6.42 Å². The minimum absolute atomic E-state index is 0.184. The molecular formula is C21H24FN5O2. The molecular weight excluding hydrogens is 373 g/mol. The van der Waals surface area contributed by atoms with Crippen molar-refractivity contribution in [2.45, 2.75) is 19.3 Å². The number of halogens is 1. The fourth-order valence-corrected chi connectivity index (χ4v) is 3.95. The third-order valence-corrected chi connectivity index (χ3v) is 5.63. The molecule has 0 unspecified atom stereocenters. The van der Waals surface area contributed by atoms with Gasteiger partial charge in [-0.25, -0.2) is 19.8 Å². The number of rotatable bonds is 6. The first-order chi connectivity index (χ1) is 14.1. The number of hydrogen-bond acceptors (Lipinski definition) is 6. The summed E-state index contributed by atoms with van der Waals surface area (Å²) in [6, 6.07) is 5.02. The van der Waals surface area contributed by atoms with E-state index in [0.29, 0.717) is 11.9 Å². The summed E-state index contributed by atoms with van der Waals surface area (Å²) >= 11 is 0. The van der Waals surface area contributed by atoms with Gasteiger partial charge in [-0.05, 0) is 60.6 Å².